The molecule has 0 saturated carbocycles. The number of carbonyl (C=O) groups is 1. The van der Waals surface area contributed by atoms with Gasteiger partial charge in [0.05, 0.1) is 11.6 Å². The van der Waals surface area contributed by atoms with Gasteiger partial charge in [-0.15, -0.1) is 0 Å². The number of hydrogen-bond donors (Lipinski definition) is 2. The van der Waals surface area contributed by atoms with Crippen LogP contribution in [0.5, 0.6) is 0 Å². The summed E-state index contributed by atoms with van der Waals surface area (Å²) < 4.78 is 1.48. The first-order valence-electron chi connectivity index (χ1n) is 5.72. The summed E-state index contributed by atoms with van der Waals surface area (Å²) in [5.74, 6) is 0.243. The van der Waals surface area contributed by atoms with Gasteiger partial charge in [-0.05, 0) is 23.8 Å². The molecule has 6 nitrogen and oxygen atoms in total. The van der Waals surface area contributed by atoms with Crippen molar-refractivity contribution in [2.45, 2.75) is 13.1 Å². The summed E-state index contributed by atoms with van der Waals surface area (Å²) in [5.41, 5.74) is 6.99. The number of aromatic nitrogens is 2. The number of hydrogen-bond acceptors (Lipinski definition) is 4. The first kappa shape index (κ1) is 12.6. The van der Waals surface area contributed by atoms with Crippen LogP contribution in [0.3, 0.4) is 0 Å². The first-order valence-corrected chi connectivity index (χ1v) is 5.72. The fourth-order valence-corrected chi connectivity index (χ4v) is 1.57. The molecule has 19 heavy (non-hydrogen) atoms. The van der Waals surface area contributed by atoms with E-state index in [2.05, 4.69) is 10.4 Å². The third-order valence-electron chi connectivity index (χ3n) is 2.54. The van der Waals surface area contributed by atoms with Crippen LogP contribution in [0.4, 0.5) is 5.82 Å². The number of anilines is 1. The molecule has 0 aliphatic rings. The minimum Gasteiger partial charge on any atom is -0.382 e. The Morgan fingerprint density at radius 2 is 2.11 bits per heavy atom. The van der Waals surface area contributed by atoms with E-state index in [4.69, 9.17) is 11.0 Å². The molecule has 0 saturated heterocycles. The lowest BCUT2D eigenvalue weighted by molar-refractivity contribution is -0.122. The van der Waals surface area contributed by atoms with Gasteiger partial charge in [0.2, 0.25) is 5.91 Å². The molecule has 6 heteroatoms. The highest BCUT2D eigenvalue weighted by Gasteiger charge is 2.03. The van der Waals surface area contributed by atoms with E-state index in [1.165, 1.54) is 4.68 Å². The molecule has 2 rings (SSSR count). The summed E-state index contributed by atoms with van der Waals surface area (Å²) in [5, 5.41) is 15.4. The molecule has 2 aromatic rings. The van der Waals surface area contributed by atoms with E-state index in [1.807, 2.05) is 18.2 Å². The zero-order valence-electron chi connectivity index (χ0n) is 10.2. The number of nitrogen functional groups attached to an aromatic ring is 1. The maximum Gasteiger partial charge on any atom is 0.241 e. The van der Waals surface area contributed by atoms with Crippen LogP contribution >= 0.6 is 0 Å². The van der Waals surface area contributed by atoms with Crippen molar-refractivity contribution in [1.82, 2.24) is 15.1 Å². The van der Waals surface area contributed by atoms with Gasteiger partial charge in [-0.2, -0.15) is 10.4 Å². The molecule has 0 unspecified atom stereocenters. The quantitative estimate of drug-likeness (QED) is 0.838. The van der Waals surface area contributed by atoms with Crippen LogP contribution < -0.4 is 11.1 Å². The van der Waals surface area contributed by atoms with E-state index in [0.29, 0.717) is 17.9 Å². The average molecular weight is 255 g/mol. The summed E-state index contributed by atoms with van der Waals surface area (Å²) >= 11 is 0. The van der Waals surface area contributed by atoms with Crippen LogP contribution in [-0.2, 0) is 17.9 Å². The minimum absolute atomic E-state index is 0.132. The van der Waals surface area contributed by atoms with Crippen molar-refractivity contribution in [3.05, 3.63) is 47.7 Å². The second kappa shape index (κ2) is 5.69. The Morgan fingerprint density at radius 3 is 2.68 bits per heavy atom. The van der Waals surface area contributed by atoms with Gasteiger partial charge in [-0.3, -0.25) is 9.48 Å². The van der Waals surface area contributed by atoms with Gasteiger partial charge in [0, 0.05) is 12.7 Å². The molecule has 0 fully saturated rings. The number of nitrogens with zero attached hydrogens (tertiary/aromatic N) is 3. The van der Waals surface area contributed by atoms with Crippen LogP contribution in [-0.4, -0.2) is 15.7 Å². The van der Waals surface area contributed by atoms with E-state index in [9.17, 15) is 4.79 Å². The normalized spacial score (nSPS) is 9.84. The first-order chi connectivity index (χ1) is 9.17. The van der Waals surface area contributed by atoms with Crippen LogP contribution in [0.15, 0.2) is 36.5 Å². The number of benzene rings is 1. The van der Waals surface area contributed by atoms with Gasteiger partial charge in [0.25, 0.3) is 0 Å². The topological polar surface area (TPSA) is 96.7 Å². The monoisotopic (exact) mass is 255 g/mol. The second-order valence-corrected chi connectivity index (χ2v) is 4.02. The Kier molecular flexibility index (Phi) is 3.78. The number of rotatable bonds is 4. The van der Waals surface area contributed by atoms with Gasteiger partial charge >= 0.3 is 0 Å². The van der Waals surface area contributed by atoms with Crippen molar-refractivity contribution >= 4 is 11.7 Å². The lowest BCUT2D eigenvalue weighted by Crippen LogP contribution is -2.27. The highest BCUT2D eigenvalue weighted by atomic mass is 16.2. The van der Waals surface area contributed by atoms with Gasteiger partial charge in [0.1, 0.15) is 12.4 Å². The minimum atomic E-state index is -0.146. The van der Waals surface area contributed by atoms with Crippen LogP contribution in [0.25, 0.3) is 0 Å². The Morgan fingerprint density at radius 1 is 1.37 bits per heavy atom. The van der Waals surface area contributed by atoms with Gasteiger partial charge in [0.15, 0.2) is 0 Å². The standard InChI is InChI=1S/C13H13N5O/c14-7-10-1-3-11(4-2-10)8-16-13(19)9-18-6-5-12(15)17-18/h1-6H,8-9H2,(H2,15,17)(H,16,19). The van der Waals surface area contributed by atoms with Crippen molar-refractivity contribution < 1.29 is 4.79 Å². The van der Waals surface area contributed by atoms with Gasteiger partial charge in [-0.1, -0.05) is 12.1 Å². The highest BCUT2D eigenvalue weighted by molar-refractivity contribution is 5.75. The van der Waals surface area contributed by atoms with E-state index in [0.717, 1.165) is 5.56 Å². The van der Waals surface area contributed by atoms with Gasteiger partial charge in [-0.25, -0.2) is 0 Å². The number of nitrogens with one attached hydrogen (secondary N) is 1. The third-order valence-corrected chi connectivity index (χ3v) is 2.54. The molecular weight excluding hydrogens is 242 g/mol. The van der Waals surface area contributed by atoms with Crippen molar-refractivity contribution in [2.75, 3.05) is 5.73 Å². The molecule has 1 aromatic carbocycles. The number of nitrogens with two attached hydrogens (primary N) is 1. The summed E-state index contributed by atoms with van der Waals surface area (Å²) in [6.45, 7) is 0.550. The molecule has 1 aromatic heterocycles. The fourth-order valence-electron chi connectivity index (χ4n) is 1.57. The second-order valence-electron chi connectivity index (χ2n) is 4.02. The molecule has 0 aliphatic heterocycles. The zero-order chi connectivity index (χ0) is 13.7. The van der Waals surface area contributed by atoms with Crippen LogP contribution in [0, 0.1) is 11.3 Å². The molecule has 0 spiro atoms. The van der Waals surface area contributed by atoms with Crippen molar-refractivity contribution in [3.8, 4) is 6.07 Å². The molecule has 0 aliphatic carbocycles. The maximum absolute atomic E-state index is 11.7. The van der Waals surface area contributed by atoms with Crippen molar-refractivity contribution in [2.24, 2.45) is 0 Å². The van der Waals surface area contributed by atoms with Crippen LogP contribution in [0.1, 0.15) is 11.1 Å². The highest BCUT2D eigenvalue weighted by Crippen LogP contribution is 2.03. The maximum atomic E-state index is 11.7. The molecule has 0 radical (unpaired) electrons. The Hall–Kier alpha value is -2.81. The Labute approximate surface area is 110 Å². The van der Waals surface area contributed by atoms with E-state index >= 15 is 0 Å². The molecule has 96 valence electrons. The number of nitriles is 1. The summed E-state index contributed by atoms with van der Waals surface area (Å²) in [7, 11) is 0. The average Bonchev–Trinajstić information content (AvgIpc) is 2.82. The van der Waals surface area contributed by atoms with Crippen LogP contribution in [0.2, 0.25) is 0 Å². The number of amides is 1. The van der Waals surface area contributed by atoms with E-state index < -0.39 is 0 Å². The van der Waals surface area contributed by atoms with Crippen molar-refractivity contribution in [1.29, 1.82) is 5.26 Å². The molecule has 1 amide bonds. The predicted molar refractivity (Wildman–Crippen MR) is 69.6 cm³/mol. The largest absolute Gasteiger partial charge is 0.382 e. The lowest BCUT2D eigenvalue weighted by atomic mass is 10.1. The molecule has 0 atom stereocenters. The number of carbonyl (C=O) groups excluding carboxylic acids is 1. The molecule has 1 heterocycles. The smallest absolute Gasteiger partial charge is 0.241 e. The fraction of sp³-hybridized carbons (Fsp3) is 0.154. The Balaban J connectivity index is 1.84. The molecule has 0 bridgehead atoms. The Bertz CT molecular complexity index is 609. The van der Waals surface area contributed by atoms with Crippen molar-refractivity contribution in [3.63, 3.8) is 0 Å². The van der Waals surface area contributed by atoms with Gasteiger partial charge < -0.3 is 11.1 Å². The van der Waals surface area contributed by atoms with E-state index in [-0.39, 0.29) is 12.5 Å². The summed E-state index contributed by atoms with van der Waals surface area (Å²) in [4.78, 5) is 11.7. The zero-order valence-corrected chi connectivity index (χ0v) is 10.2. The lowest BCUT2D eigenvalue weighted by Gasteiger charge is -2.05. The summed E-state index contributed by atoms with van der Waals surface area (Å²) in [6.07, 6.45) is 1.65. The molecule has 3 N–H and O–H groups in total. The SMILES string of the molecule is N#Cc1ccc(CNC(=O)Cn2ccc(N)n2)cc1. The third kappa shape index (κ3) is 3.57. The van der Waals surface area contributed by atoms with E-state index in [1.54, 1.807) is 24.4 Å². The predicted octanol–water partition coefficient (Wildman–Crippen LogP) is 0.653. The summed E-state index contributed by atoms with van der Waals surface area (Å²) in [6, 6.07) is 10.7. The molecular formula is C13H13N5O.